The van der Waals surface area contributed by atoms with Crippen molar-refractivity contribution in [2.45, 2.75) is 83.1 Å². The number of methoxy groups -OCH3 is 1. The minimum atomic E-state index is -2.39. The first-order chi connectivity index (χ1) is 17.4. The van der Waals surface area contributed by atoms with Gasteiger partial charge in [-0.2, -0.15) is 0 Å². The minimum Gasteiger partial charge on any atom is -0.497 e. The first-order valence-corrected chi connectivity index (χ1v) is 15.4. The van der Waals surface area contributed by atoms with Gasteiger partial charge in [0.25, 0.3) is 0 Å². The summed E-state index contributed by atoms with van der Waals surface area (Å²) in [6.45, 7) is 11.9. The first-order valence-electron chi connectivity index (χ1n) is 12.5. The molecule has 0 spiro atoms. The topological polar surface area (TPSA) is 92.7 Å². The average Bonchev–Trinajstić information content (AvgIpc) is 2.85. The van der Waals surface area contributed by atoms with Crippen LogP contribution in [0.4, 0.5) is 0 Å². The van der Waals surface area contributed by atoms with Gasteiger partial charge in [0.1, 0.15) is 29.8 Å². The molecule has 0 unspecified atom stereocenters. The summed E-state index contributed by atoms with van der Waals surface area (Å²) in [4.78, 5) is 12.3. The summed E-state index contributed by atoms with van der Waals surface area (Å²) in [6, 6.07) is 16.7. The van der Waals surface area contributed by atoms with Crippen molar-refractivity contribution < 1.29 is 38.0 Å². The lowest BCUT2D eigenvalue weighted by Crippen LogP contribution is -2.65. The highest BCUT2D eigenvalue weighted by Crippen LogP contribution is 2.41. The Morgan fingerprint density at radius 2 is 1.59 bits per heavy atom. The third-order valence-corrected chi connectivity index (χ3v) is 11.4. The van der Waals surface area contributed by atoms with Gasteiger partial charge in [-0.1, -0.05) is 51.1 Å². The molecule has 37 heavy (non-hydrogen) atoms. The van der Waals surface area contributed by atoms with Crippen LogP contribution in [0.2, 0.25) is 18.1 Å². The molecule has 1 saturated heterocycles. The maximum atomic E-state index is 12.3. The van der Waals surface area contributed by atoms with Gasteiger partial charge in [0.05, 0.1) is 20.3 Å². The second kappa shape index (κ2) is 12.4. The number of ether oxygens (including phenoxy) is 5. The highest BCUT2D eigenvalue weighted by atomic mass is 28.4. The molecule has 8 nitrogen and oxygen atoms in total. The minimum absolute atomic E-state index is 0.128. The molecule has 1 aliphatic rings. The van der Waals surface area contributed by atoms with Crippen LogP contribution in [0.25, 0.3) is 0 Å². The lowest BCUT2D eigenvalue weighted by atomic mass is 9.98. The van der Waals surface area contributed by atoms with E-state index in [9.17, 15) is 9.90 Å². The molecule has 3 rings (SSSR count). The van der Waals surface area contributed by atoms with Gasteiger partial charge in [-0.3, -0.25) is 4.79 Å². The molecule has 0 aliphatic carbocycles. The summed E-state index contributed by atoms with van der Waals surface area (Å²) in [5, 5.41) is 10.2. The van der Waals surface area contributed by atoms with E-state index in [4.69, 9.17) is 28.1 Å². The smallest absolute Gasteiger partial charge is 0.303 e. The Hall–Kier alpha value is -2.43. The largest absolute Gasteiger partial charge is 0.497 e. The molecule has 0 bridgehead atoms. The third-order valence-electron chi connectivity index (χ3n) is 6.91. The van der Waals surface area contributed by atoms with Crippen molar-refractivity contribution in [1.29, 1.82) is 0 Å². The van der Waals surface area contributed by atoms with E-state index in [0.29, 0.717) is 11.5 Å². The van der Waals surface area contributed by atoms with Crippen LogP contribution < -0.4 is 9.47 Å². The van der Waals surface area contributed by atoms with E-state index >= 15 is 0 Å². The lowest BCUT2D eigenvalue weighted by molar-refractivity contribution is -0.288. The van der Waals surface area contributed by atoms with Gasteiger partial charge in [0, 0.05) is 6.92 Å². The molecule has 9 heteroatoms. The Labute approximate surface area is 220 Å². The predicted octanol–water partition coefficient (Wildman–Crippen LogP) is 4.70. The molecule has 0 radical (unpaired) electrons. The Morgan fingerprint density at radius 3 is 2.14 bits per heavy atom. The number of benzene rings is 2. The van der Waals surface area contributed by atoms with Crippen LogP contribution in [0.15, 0.2) is 54.6 Å². The Kier molecular flexibility index (Phi) is 9.77. The van der Waals surface area contributed by atoms with Crippen LogP contribution in [0, 0.1) is 0 Å². The van der Waals surface area contributed by atoms with E-state index in [1.54, 1.807) is 31.4 Å². The maximum absolute atomic E-state index is 12.3. The lowest BCUT2D eigenvalue weighted by Gasteiger charge is -2.49. The fourth-order valence-electron chi connectivity index (χ4n) is 3.84. The van der Waals surface area contributed by atoms with Gasteiger partial charge in [-0.15, -0.1) is 0 Å². The molecule has 0 amide bonds. The second-order valence-electron chi connectivity index (χ2n) is 10.7. The summed E-state index contributed by atoms with van der Waals surface area (Å²) in [5.74, 6) is 0.676. The number of carbonyl (C=O) groups excluding carboxylic acids is 1. The van der Waals surface area contributed by atoms with Crippen molar-refractivity contribution in [3.8, 4) is 11.5 Å². The number of hydrogen-bond donors (Lipinski definition) is 1. The van der Waals surface area contributed by atoms with Crippen molar-refractivity contribution in [3.05, 3.63) is 60.2 Å². The van der Waals surface area contributed by atoms with E-state index in [-0.39, 0.29) is 18.3 Å². The van der Waals surface area contributed by atoms with Gasteiger partial charge >= 0.3 is 5.97 Å². The van der Waals surface area contributed by atoms with Crippen molar-refractivity contribution in [1.82, 2.24) is 0 Å². The molecule has 2 aromatic carbocycles. The number of aliphatic hydroxyl groups excluding tert-OH is 1. The average molecular weight is 533 g/mol. The molecular formula is C28H40O8Si. The van der Waals surface area contributed by atoms with E-state index in [1.165, 1.54) is 6.92 Å². The standard InChI is InChI=1S/C28H40O8Si/c1-19(30)33-26-25(36-37(6,7)28(2,3)4)24(32-18-20-11-9-8-10-12-20)23(17-29)35-27(26)34-22-15-13-21(31-5)14-16-22/h8-16,23-27,29H,17-18H2,1-7H3/t23-,24-,25+,26-,27-/m1/s1. The van der Waals surface area contributed by atoms with Gasteiger partial charge in [-0.25, -0.2) is 0 Å². The van der Waals surface area contributed by atoms with Gasteiger partial charge < -0.3 is 33.2 Å². The van der Waals surface area contributed by atoms with Crippen LogP contribution in [0.3, 0.4) is 0 Å². The van der Waals surface area contributed by atoms with Crippen LogP contribution in [-0.2, 0) is 30.0 Å². The van der Waals surface area contributed by atoms with Crippen LogP contribution in [-0.4, -0.2) is 63.8 Å². The zero-order chi connectivity index (χ0) is 27.2. The quantitative estimate of drug-likeness (QED) is 0.348. The van der Waals surface area contributed by atoms with Crippen molar-refractivity contribution >= 4 is 14.3 Å². The van der Waals surface area contributed by atoms with E-state index in [2.05, 4.69) is 33.9 Å². The molecule has 204 valence electrons. The number of aliphatic hydroxyl groups is 1. The number of rotatable bonds is 10. The molecular weight excluding hydrogens is 492 g/mol. The second-order valence-corrected chi connectivity index (χ2v) is 15.5. The summed E-state index contributed by atoms with van der Waals surface area (Å²) in [5.41, 5.74) is 0.964. The zero-order valence-corrected chi connectivity index (χ0v) is 23.8. The molecule has 1 heterocycles. The molecule has 1 fully saturated rings. The molecule has 2 aromatic rings. The Morgan fingerprint density at radius 1 is 0.973 bits per heavy atom. The Balaban J connectivity index is 1.98. The molecule has 5 atom stereocenters. The Bertz CT molecular complexity index is 989. The monoisotopic (exact) mass is 532 g/mol. The summed E-state index contributed by atoms with van der Waals surface area (Å²) < 4.78 is 36.5. The van der Waals surface area contributed by atoms with Gasteiger partial charge in [0.15, 0.2) is 14.4 Å². The summed E-state index contributed by atoms with van der Waals surface area (Å²) in [6.07, 6.45) is -4.17. The fourth-order valence-corrected chi connectivity index (χ4v) is 5.15. The van der Waals surface area contributed by atoms with Gasteiger partial charge in [-0.05, 0) is 48.0 Å². The highest BCUT2D eigenvalue weighted by molar-refractivity contribution is 6.74. The van der Waals surface area contributed by atoms with E-state index in [1.807, 2.05) is 30.3 Å². The molecule has 0 saturated carbocycles. The summed E-state index contributed by atoms with van der Waals surface area (Å²) in [7, 11) is -0.808. The number of hydrogen-bond acceptors (Lipinski definition) is 8. The molecule has 0 aromatic heterocycles. The molecule has 1 aliphatic heterocycles. The fraction of sp³-hybridized carbons (Fsp3) is 0.536. The van der Waals surface area contributed by atoms with Crippen LogP contribution in [0.5, 0.6) is 11.5 Å². The van der Waals surface area contributed by atoms with Gasteiger partial charge in [0.2, 0.25) is 6.29 Å². The highest BCUT2D eigenvalue weighted by Gasteiger charge is 2.53. The van der Waals surface area contributed by atoms with Crippen molar-refractivity contribution in [3.63, 3.8) is 0 Å². The zero-order valence-electron chi connectivity index (χ0n) is 22.8. The van der Waals surface area contributed by atoms with Crippen LogP contribution >= 0.6 is 0 Å². The third kappa shape index (κ3) is 7.55. The number of esters is 1. The summed E-state index contributed by atoms with van der Waals surface area (Å²) >= 11 is 0. The van der Waals surface area contributed by atoms with E-state index < -0.39 is 45.0 Å². The van der Waals surface area contributed by atoms with E-state index in [0.717, 1.165) is 5.56 Å². The first kappa shape index (κ1) is 29.1. The normalized spacial score (nSPS) is 24.4. The van der Waals surface area contributed by atoms with Crippen molar-refractivity contribution in [2.75, 3.05) is 13.7 Å². The SMILES string of the molecule is COc1ccc(O[C@@H]2O[C@H](CO)[C@@H](OCc3ccccc3)[C@H](O[Si](C)(C)C(C)(C)C)[C@H]2OC(C)=O)cc1. The van der Waals surface area contributed by atoms with Crippen LogP contribution in [0.1, 0.15) is 33.3 Å². The maximum Gasteiger partial charge on any atom is 0.303 e. The number of carbonyl (C=O) groups is 1. The predicted molar refractivity (Wildman–Crippen MR) is 142 cm³/mol. The molecule has 1 N–H and O–H groups in total. The van der Waals surface area contributed by atoms with Crippen molar-refractivity contribution in [2.24, 2.45) is 0 Å².